The van der Waals surface area contributed by atoms with Crippen molar-refractivity contribution in [1.29, 1.82) is 0 Å². The third-order valence-corrected chi connectivity index (χ3v) is 5.54. The van der Waals surface area contributed by atoms with Crippen molar-refractivity contribution in [3.05, 3.63) is 59.4 Å². The molecule has 7 heteroatoms. The van der Waals surface area contributed by atoms with Gasteiger partial charge in [0.2, 0.25) is 5.95 Å². The van der Waals surface area contributed by atoms with E-state index in [2.05, 4.69) is 43.0 Å². The van der Waals surface area contributed by atoms with E-state index in [1.54, 1.807) is 23.7 Å². The lowest BCUT2D eigenvalue weighted by atomic mass is 9.95. The van der Waals surface area contributed by atoms with E-state index in [1.807, 2.05) is 17.6 Å². The molecular weight excluding hydrogens is 344 g/mol. The van der Waals surface area contributed by atoms with Gasteiger partial charge in [-0.1, -0.05) is 18.2 Å². The van der Waals surface area contributed by atoms with Crippen molar-refractivity contribution in [2.24, 2.45) is 0 Å². The summed E-state index contributed by atoms with van der Waals surface area (Å²) < 4.78 is 0. The zero-order chi connectivity index (χ0) is 17.5. The number of nitrogen functional groups attached to an aromatic ring is 1. The summed E-state index contributed by atoms with van der Waals surface area (Å²) in [6.45, 7) is 1.61. The van der Waals surface area contributed by atoms with Crippen LogP contribution in [0.3, 0.4) is 0 Å². The van der Waals surface area contributed by atoms with Gasteiger partial charge in [-0.3, -0.25) is 4.98 Å². The standard InChI is InChI=1S/C19H16N6S/c20-17-14-4-6-21-10-16(14)23-19(24-17)25-8-5-12-2-1-3-13(15(12)11-25)18-22-7-9-26-18/h1-4,6-7,9-10H,5,8,11H2,(H2,20,23,24). The summed E-state index contributed by atoms with van der Waals surface area (Å²) in [5.41, 5.74) is 10.8. The number of hydrogen-bond donors (Lipinski definition) is 1. The molecule has 4 heterocycles. The highest BCUT2D eigenvalue weighted by Crippen LogP contribution is 2.33. The SMILES string of the molecule is Nc1nc(N2CCc3cccc(-c4nccs4)c3C2)nc2cnccc12. The van der Waals surface area contributed by atoms with Gasteiger partial charge in [0.15, 0.2) is 0 Å². The molecule has 1 aliphatic heterocycles. The fourth-order valence-corrected chi connectivity index (χ4v) is 4.13. The second-order valence-corrected chi connectivity index (χ2v) is 7.15. The highest BCUT2D eigenvalue weighted by Gasteiger charge is 2.23. The lowest BCUT2D eigenvalue weighted by molar-refractivity contribution is 0.711. The molecule has 26 heavy (non-hydrogen) atoms. The summed E-state index contributed by atoms with van der Waals surface area (Å²) in [6.07, 6.45) is 6.23. The van der Waals surface area contributed by atoms with Crippen molar-refractivity contribution < 1.29 is 0 Å². The Hall–Kier alpha value is -3.06. The Morgan fingerprint density at radius 3 is 2.96 bits per heavy atom. The molecule has 4 aromatic rings. The zero-order valence-electron chi connectivity index (χ0n) is 14.0. The number of hydrogen-bond acceptors (Lipinski definition) is 7. The van der Waals surface area contributed by atoms with Crippen LogP contribution >= 0.6 is 11.3 Å². The molecule has 3 aromatic heterocycles. The van der Waals surface area contributed by atoms with Crippen molar-refractivity contribution in [1.82, 2.24) is 19.9 Å². The van der Waals surface area contributed by atoms with E-state index >= 15 is 0 Å². The van der Waals surface area contributed by atoms with E-state index in [0.717, 1.165) is 35.4 Å². The van der Waals surface area contributed by atoms with Gasteiger partial charge in [0.05, 0.1) is 11.7 Å². The van der Waals surface area contributed by atoms with Gasteiger partial charge in [-0.2, -0.15) is 4.98 Å². The lowest BCUT2D eigenvalue weighted by Gasteiger charge is -2.30. The van der Waals surface area contributed by atoms with Crippen LogP contribution in [0.1, 0.15) is 11.1 Å². The fraction of sp³-hybridized carbons (Fsp3) is 0.158. The Kier molecular flexibility index (Phi) is 3.53. The van der Waals surface area contributed by atoms with Crippen LogP contribution in [-0.4, -0.2) is 26.5 Å². The van der Waals surface area contributed by atoms with Crippen LogP contribution in [0, 0.1) is 0 Å². The van der Waals surface area contributed by atoms with E-state index in [1.165, 1.54) is 16.7 Å². The third-order valence-electron chi connectivity index (χ3n) is 4.74. The second-order valence-electron chi connectivity index (χ2n) is 6.25. The summed E-state index contributed by atoms with van der Waals surface area (Å²) in [4.78, 5) is 20.0. The molecule has 5 rings (SSSR count). The summed E-state index contributed by atoms with van der Waals surface area (Å²) in [7, 11) is 0. The van der Waals surface area contributed by atoms with E-state index in [9.17, 15) is 0 Å². The van der Waals surface area contributed by atoms with Crippen LogP contribution in [0.15, 0.2) is 48.2 Å². The maximum Gasteiger partial charge on any atom is 0.228 e. The molecule has 0 amide bonds. The number of nitrogens with zero attached hydrogens (tertiary/aromatic N) is 5. The number of aromatic nitrogens is 4. The van der Waals surface area contributed by atoms with Crippen LogP contribution in [0.25, 0.3) is 21.5 Å². The predicted octanol–water partition coefficient (Wildman–Crippen LogP) is 3.29. The average Bonchev–Trinajstić information content (AvgIpc) is 3.21. The van der Waals surface area contributed by atoms with Gasteiger partial charge >= 0.3 is 0 Å². The Bertz CT molecular complexity index is 1090. The van der Waals surface area contributed by atoms with Gasteiger partial charge in [-0.15, -0.1) is 11.3 Å². The first kappa shape index (κ1) is 15.2. The number of nitrogens with two attached hydrogens (primary N) is 1. The van der Waals surface area contributed by atoms with Crippen LogP contribution in [0.5, 0.6) is 0 Å². The van der Waals surface area contributed by atoms with Gasteiger partial charge in [0, 0.05) is 41.8 Å². The number of benzene rings is 1. The van der Waals surface area contributed by atoms with Crippen molar-refractivity contribution in [2.45, 2.75) is 13.0 Å². The Morgan fingerprint density at radius 1 is 1.12 bits per heavy atom. The molecule has 2 N–H and O–H groups in total. The van der Waals surface area contributed by atoms with Crippen LogP contribution in [0.2, 0.25) is 0 Å². The highest BCUT2D eigenvalue weighted by molar-refractivity contribution is 7.13. The van der Waals surface area contributed by atoms with Crippen molar-refractivity contribution in [3.63, 3.8) is 0 Å². The number of fused-ring (bicyclic) bond motifs is 2. The minimum atomic E-state index is 0.492. The number of pyridine rings is 1. The monoisotopic (exact) mass is 360 g/mol. The van der Waals surface area contributed by atoms with Gasteiger partial charge in [0.1, 0.15) is 10.8 Å². The van der Waals surface area contributed by atoms with Gasteiger partial charge in [0.25, 0.3) is 0 Å². The molecule has 0 saturated heterocycles. The summed E-state index contributed by atoms with van der Waals surface area (Å²) in [5.74, 6) is 1.15. The predicted molar refractivity (Wildman–Crippen MR) is 104 cm³/mol. The van der Waals surface area contributed by atoms with Crippen molar-refractivity contribution >= 4 is 34.0 Å². The third kappa shape index (κ3) is 2.48. The Balaban J connectivity index is 1.57. The fourth-order valence-electron chi connectivity index (χ4n) is 3.44. The van der Waals surface area contributed by atoms with Crippen molar-refractivity contribution in [3.8, 4) is 10.6 Å². The Morgan fingerprint density at radius 2 is 2.08 bits per heavy atom. The first-order chi connectivity index (χ1) is 12.8. The Labute approximate surface area is 154 Å². The smallest absolute Gasteiger partial charge is 0.228 e. The first-order valence-corrected chi connectivity index (χ1v) is 9.30. The molecule has 1 aliphatic rings. The van der Waals surface area contributed by atoms with Crippen LogP contribution < -0.4 is 10.6 Å². The molecule has 0 spiro atoms. The molecule has 0 unspecified atom stereocenters. The molecule has 6 nitrogen and oxygen atoms in total. The maximum atomic E-state index is 6.15. The maximum absolute atomic E-state index is 6.15. The molecule has 0 saturated carbocycles. The largest absolute Gasteiger partial charge is 0.383 e. The summed E-state index contributed by atoms with van der Waals surface area (Å²) >= 11 is 1.66. The minimum Gasteiger partial charge on any atom is -0.383 e. The number of anilines is 2. The summed E-state index contributed by atoms with van der Waals surface area (Å²) in [5, 5.41) is 3.90. The number of rotatable bonds is 2. The molecule has 0 bridgehead atoms. The van der Waals surface area contributed by atoms with Gasteiger partial charge in [-0.25, -0.2) is 9.97 Å². The van der Waals surface area contributed by atoms with Crippen LogP contribution in [0.4, 0.5) is 11.8 Å². The van der Waals surface area contributed by atoms with Gasteiger partial charge in [-0.05, 0) is 23.6 Å². The topological polar surface area (TPSA) is 80.8 Å². The average molecular weight is 360 g/mol. The second kappa shape index (κ2) is 6.03. The normalized spacial score (nSPS) is 13.8. The molecule has 0 fully saturated rings. The molecular formula is C19H16N6S. The van der Waals surface area contributed by atoms with Crippen molar-refractivity contribution in [2.75, 3.05) is 17.2 Å². The quantitative estimate of drug-likeness (QED) is 0.591. The molecule has 0 radical (unpaired) electrons. The van der Waals surface area contributed by atoms with E-state index < -0.39 is 0 Å². The summed E-state index contributed by atoms with van der Waals surface area (Å²) in [6, 6.07) is 8.30. The van der Waals surface area contributed by atoms with Crippen LogP contribution in [-0.2, 0) is 13.0 Å². The molecule has 128 valence electrons. The van der Waals surface area contributed by atoms with E-state index in [-0.39, 0.29) is 0 Å². The zero-order valence-corrected chi connectivity index (χ0v) is 14.8. The molecule has 0 atom stereocenters. The van der Waals surface area contributed by atoms with E-state index in [0.29, 0.717) is 11.8 Å². The van der Waals surface area contributed by atoms with Gasteiger partial charge < -0.3 is 10.6 Å². The first-order valence-electron chi connectivity index (χ1n) is 8.42. The minimum absolute atomic E-state index is 0.492. The molecule has 1 aromatic carbocycles. The number of thiazole rings is 1. The lowest BCUT2D eigenvalue weighted by Crippen LogP contribution is -2.32. The van der Waals surface area contributed by atoms with E-state index in [4.69, 9.17) is 5.73 Å². The molecule has 0 aliphatic carbocycles. The highest BCUT2D eigenvalue weighted by atomic mass is 32.1.